The quantitative estimate of drug-likeness (QED) is 0.817. The van der Waals surface area contributed by atoms with Crippen LogP contribution < -0.4 is 20.5 Å². The number of nitrogens with one attached hydrogen (secondary N) is 1. The van der Waals surface area contributed by atoms with Crippen LogP contribution in [-0.4, -0.2) is 41.0 Å². The Bertz CT molecular complexity index is 858. The summed E-state index contributed by atoms with van der Waals surface area (Å²) < 4.78 is 49.5. The van der Waals surface area contributed by atoms with Crippen LogP contribution in [0, 0.1) is 0 Å². The summed E-state index contributed by atoms with van der Waals surface area (Å²) in [6, 6.07) is 4.71. The van der Waals surface area contributed by atoms with Gasteiger partial charge in [-0.2, -0.15) is 13.2 Å². The second-order valence-corrected chi connectivity index (χ2v) is 5.18. The second kappa shape index (κ2) is 7.50. The van der Waals surface area contributed by atoms with Crippen molar-refractivity contribution < 1.29 is 27.4 Å². The predicted octanol–water partition coefficient (Wildman–Crippen LogP) is 1.05. The lowest BCUT2D eigenvalue weighted by Crippen LogP contribution is -2.32. The molecule has 2 aromatic rings. The van der Waals surface area contributed by atoms with E-state index in [1.807, 2.05) is 0 Å². The first-order valence-corrected chi connectivity index (χ1v) is 7.41. The Morgan fingerprint density at radius 2 is 1.96 bits per heavy atom. The molecule has 0 bridgehead atoms. The van der Waals surface area contributed by atoms with Crippen LogP contribution in [0.15, 0.2) is 23.0 Å². The van der Waals surface area contributed by atoms with Crippen molar-refractivity contribution in [2.45, 2.75) is 12.7 Å². The van der Waals surface area contributed by atoms with Gasteiger partial charge in [-0.3, -0.25) is 9.36 Å². The van der Waals surface area contributed by atoms with Crippen LogP contribution in [-0.2, 0) is 19.8 Å². The Morgan fingerprint density at radius 1 is 1.27 bits per heavy atom. The lowest BCUT2D eigenvalue weighted by Gasteiger charge is -2.12. The van der Waals surface area contributed by atoms with Crippen LogP contribution in [0.4, 0.5) is 13.2 Å². The Morgan fingerprint density at radius 3 is 2.50 bits per heavy atom. The molecule has 0 saturated heterocycles. The molecule has 2 rings (SSSR count). The third kappa shape index (κ3) is 3.81. The molecule has 1 heterocycles. The summed E-state index contributed by atoms with van der Waals surface area (Å²) in [5.74, 6) is -1.25. The fourth-order valence-corrected chi connectivity index (χ4v) is 2.32. The van der Waals surface area contributed by atoms with Crippen LogP contribution in [0.25, 0.3) is 0 Å². The molecule has 0 spiro atoms. The first-order chi connectivity index (χ1) is 12.2. The summed E-state index contributed by atoms with van der Waals surface area (Å²) in [5.41, 5.74) is -0.735. The van der Waals surface area contributed by atoms with Crippen molar-refractivity contribution in [3.05, 3.63) is 40.1 Å². The number of carbonyl (C=O) groups is 1. The Balaban J connectivity index is 2.10. The summed E-state index contributed by atoms with van der Waals surface area (Å²) in [6.07, 6.45) is -4.74. The third-order valence-electron chi connectivity index (χ3n) is 3.55. The van der Waals surface area contributed by atoms with Gasteiger partial charge in [0.1, 0.15) is 0 Å². The molecule has 142 valence electrons. The zero-order valence-electron chi connectivity index (χ0n) is 14.3. The average molecular weight is 374 g/mol. The van der Waals surface area contributed by atoms with E-state index in [9.17, 15) is 22.8 Å². The molecule has 0 saturated carbocycles. The molecule has 8 nitrogen and oxygen atoms in total. The van der Waals surface area contributed by atoms with Crippen molar-refractivity contribution in [3.63, 3.8) is 0 Å². The first-order valence-electron chi connectivity index (χ1n) is 7.41. The maximum absolute atomic E-state index is 12.7. The van der Waals surface area contributed by atoms with Crippen LogP contribution >= 0.6 is 0 Å². The molecule has 1 N–H and O–H groups in total. The van der Waals surface area contributed by atoms with Gasteiger partial charge in [0.25, 0.3) is 5.91 Å². The molecule has 26 heavy (non-hydrogen) atoms. The molecule has 1 amide bonds. The number of alkyl halides is 3. The van der Waals surface area contributed by atoms with Crippen molar-refractivity contribution in [3.8, 4) is 11.5 Å². The van der Waals surface area contributed by atoms with E-state index in [0.29, 0.717) is 15.0 Å². The number of halogens is 3. The van der Waals surface area contributed by atoms with Gasteiger partial charge in [0.15, 0.2) is 11.5 Å². The largest absolute Gasteiger partial charge is 0.493 e. The van der Waals surface area contributed by atoms with E-state index in [1.165, 1.54) is 20.3 Å². The number of carbonyl (C=O) groups excluding carboxylic acids is 1. The van der Waals surface area contributed by atoms with E-state index in [4.69, 9.17) is 9.47 Å². The Hall–Kier alpha value is -2.98. The van der Waals surface area contributed by atoms with Gasteiger partial charge in [0, 0.05) is 13.6 Å². The van der Waals surface area contributed by atoms with Gasteiger partial charge in [0.2, 0.25) is 5.82 Å². The van der Waals surface area contributed by atoms with E-state index >= 15 is 0 Å². The number of benzene rings is 1. The van der Waals surface area contributed by atoms with Crippen molar-refractivity contribution >= 4 is 5.91 Å². The maximum atomic E-state index is 12.7. The van der Waals surface area contributed by atoms with Gasteiger partial charge >= 0.3 is 11.9 Å². The van der Waals surface area contributed by atoms with E-state index in [1.54, 1.807) is 12.1 Å². The van der Waals surface area contributed by atoms with Crippen LogP contribution in [0.2, 0.25) is 0 Å². The topological polar surface area (TPSA) is 87.4 Å². The fraction of sp³-hybridized carbons (Fsp3) is 0.400. The molecule has 0 radical (unpaired) electrons. The summed E-state index contributed by atoms with van der Waals surface area (Å²) in [7, 11) is 3.78. The van der Waals surface area contributed by atoms with E-state index in [0.717, 1.165) is 7.05 Å². The number of amides is 1. The number of para-hydroxylation sites is 1. The number of rotatable bonds is 6. The van der Waals surface area contributed by atoms with Crippen LogP contribution in [0.1, 0.15) is 16.2 Å². The molecule has 0 unspecified atom stereocenters. The molecule has 0 fully saturated rings. The Kier molecular flexibility index (Phi) is 5.58. The molecule has 1 aromatic carbocycles. The van der Waals surface area contributed by atoms with Gasteiger partial charge in [-0.25, -0.2) is 9.48 Å². The highest BCUT2D eigenvalue weighted by Gasteiger charge is 2.37. The van der Waals surface area contributed by atoms with Gasteiger partial charge in [0.05, 0.1) is 26.3 Å². The first kappa shape index (κ1) is 19.3. The molecule has 0 aliphatic rings. The number of hydrogen-bond acceptors (Lipinski definition) is 5. The lowest BCUT2D eigenvalue weighted by atomic mass is 10.1. The normalized spacial score (nSPS) is 11.3. The molecule has 0 aliphatic carbocycles. The van der Waals surface area contributed by atoms with Crippen molar-refractivity contribution in [2.75, 3.05) is 20.8 Å². The smallest absolute Gasteiger partial charge is 0.451 e. The number of ether oxygens (including phenoxy) is 2. The standard InChI is InChI=1S/C15H17F3N4O4/c1-21-13(15(16,17)18)20-22(14(21)24)8-7-19-12(23)9-5-4-6-10(25-2)11(9)26-3/h4-6H,7-8H2,1-3H3,(H,19,23). The zero-order valence-corrected chi connectivity index (χ0v) is 14.3. The SMILES string of the molecule is COc1cccc(C(=O)NCCn2nc(C(F)(F)F)n(C)c2=O)c1OC. The minimum absolute atomic E-state index is 0.104. The number of methoxy groups -OCH3 is 2. The van der Waals surface area contributed by atoms with Crippen molar-refractivity contribution in [1.29, 1.82) is 0 Å². The Labute approximate surface area is 146 Å². The van der Waals surface area contributed by atoms with Gasteiger partial charge in [-0.05, 0) is 12.1 Å². The van der Waals surface area contributed by atoms with E-state index < -0.39 is 23.6 Å². The van der Waals surface area contributed by atoms with Crippen LogP contribution in [0.3, 0.4) is 0 Å². The van der Waals surface area contributed by atoms with Crippen molar-refractivity contribution in [1.82, 2.24) is 19.7 Å². The lowest BCUT2D eigenvalue weighted by molar-refractivity contribution is -0.147. The van der Waals surface area contributed by atoms with Gasteiger partial charge in [-0.15, -0.1) is 5.10 Å². The number of nitrogens with zero attached hydrogens (tertiary/aromatic N) is 3. The summed E-state index contributed by atoms with van der Waals surface area (Å²) in [6.45, 7) is -0.325. The highest BCUT2D eigenvalue weighted by Crippen LogP contribution is 2.30. The number of hydrogen-bond donors (Lipinski definition) is 1. The highest BCUT2D eigenvalue weighted by molar-refractivity contribution is 5.97. The van der Waals surface area contributed by atoms with Gasteiger partial charge < -0.3 is 14.8 Å². The highest BCUT2D eigenvalue weighted by atomic mass is 19.4. The summed E-state index contributed by atoms with van der Waals surface area (Å²) >= 11 is 0. The second-order valence-electron chi connectivity index (χ2n) is 5.18. The van der Waals surface area contributed by atoms with Gasteiger partial charge in [-0.1, -0.05) is 6.07 Å². The molecule has 0 atom stereocenters. The fourth-order valence-electron chi connectivity index (χ4n) is 2.32. The van der Waals surface area contributed by atoms with E-state index in [-0.39, 0.29) is 24.4 Å². The molecule has 0 aliphatic heterocycles. The minimum atomic E-state index is -4.74. The minimum Gasteiger partial charge on any atom is -0.493 e. The maximum Gasteiger partial charge on any atom is 0.451 e. The number of aromatic nitrogens is 3. The zero-order chi connectivity index (χ0) is 19.5. The summed E-state index contributed by atoms with van der Waals surface area (Å²) in [4.78, 5) is 24.0. The van der Waals surface area contributed by atoms with E-state index in [2.05, 4.69) is 10.4 Å². The molecule has 11 heteroatoms. The monoisotopic (exact) mass is 374 g/mol. The third-order valence-corrected chi connectivity index (χ3v) is 3.55. The molecular formula is C15H17F3N4O4. The van der Waals surface area contributed by atoms with Crippen molar-refractivity contribution in [2.24, 2.45) is 7.05 Å². The summed E-state index contributed by atoms with van der Waals surface area (Å²) in [5, 5.41) is 5.76. The molecular weight excluding hydrogens is 357 g/mol. The predicted molar refractivity (Wildman–Crippen MR) is 84.3 cm³/mol. The average Bonchev–Trinajstić information content (AvgIpc) is 2.89. The van der Waals surface area contributed by atoms with Crippen LogP contribution in [0.5, 0.6) is 11.5 Å². The molecule has 1 aromatic heterocycles.